The van der Waals surface area contributed by atoms with Gasteiger partial charge in [0.25, 0.3) is 0 Å². The third-order valence-corrected chi connectivity index (χ3v) is 2.07. The number of hydrogen-bond donors (Lipinski definition) is 0. The van der Waals surface area contributed by atoms with Gasteiger partial charge in [-0.05, 0) is 18.2 Å². The van der Waals surface area contributed by atoms with Crippen LogP contribution in [-0.2, 0) is 6.61 Å². The van der Waals surface area contributed by atoms with Gasteiger partial charge in [-0.15, -0.1) is 0 Å². The quantitative estimate of drug-likeness (QED) is 0.605. The predicted octanol–water partition coefficient (Wildman–Crippen LogP) is 2.91. The van der Waals surface area contributed by atoms with Crippen molar-refractivity contribution in [2.75, 3.05) is 0 Å². The highest BCUT2D eigenvalue weighted by Gasteiger charge is 2.16. The number of benzene rings is 1. The fourth-order valence-electron chi connectivity index (χ4n) is 1.30. The van der Waals surface area contributed by atoms with Crippen molar-refractivity contribution < 1.29 is 18.5 Å². The van der Waals surface area contributed by atoms with Crippen LogP contribution in [0, 0.1) is 15.9 Å². The molecule has 0 spiro atoms. The molecule has 17 heavy (non-hydrogen) atoms. The normalized spacial score (nSPS) is 10.2. The summed E-state index contributed by atoms with van der Waals surface area (Å²) in [5.74, 6) is -0.208. The van der Waals surface area contributed by atoms with Crippen LogP contribution in [0.15, 0.2) is 41.0 Å². The Kier molecular flexibility index (Phi) is 3.04. The largest absolute Gasteiger partial charge is 0.479 e. The molecule has 0 saturated carbocycles. The van der Waals surface area contributed by atoms with E-state index in [0.717, 1.165) is 18.2 Å². The first-order chi connectivity index (χ1) is 8.16. The molecule has 0 aliphatic carbocycles. The fourth-order valence-corrected chi connectivity index (χ4v) is 1.30. The maximum absolute atomic E-state index is 13.0. The molecule has 2 rings (SSSR count). The summed E-state index contributed by atoms with van der Waals surface area (Å²) in [5.41, 5.74) is -0.280. The number of nitrogens with zero attached hydrogens (tertiary/aromatic N) is 1. The lowest BCUT2D eigenvalue weighted by Crippen LogP contribution is -1.98. The third kappa shape index (κ3) is 2.60. The van der Waals surface area contributed by atoms with Crippen LogP contribution in [0.1, 0.15) is 5.76 Å². The van der Waals surface area contributed by atoms with Gasteiger partial charge in [0.2, 0.25) is 0 Å². The zero-order valence-electron chi connectivity index (χ0n) is 8.63. The Morgan fingerprint density at radius 2 is 2.24 bits per heavy atom. The number of furan rings is 1. The first-order valence-corrected chi connectivity index (χ1v) is 4.76. The second kappa shape index (κ2) is 4.65. The van der Waals surface area contributed by atoms with E-state index in [2.05, 4.69) is 0 Å². The molecule has 2 aromatic rings. The lowest BCUT2D eigenvalue weighted by molar-refractivity contribution is -0.386. The van der Waals surface area contributed by atoms with Gasteiger partial charge in [-0.1, -0.05) is 0 Å². The maximum atomic E-state index is 13.0. The van der Waals surface area contributed by atoms with Crippen LogP contribution in [0.4, 0.5) is 10.1 Å². The van der Waals surface area contributed by atoms with E-state index in [1.54, 1.807) is 12.1 Å². The SMILES string of the molecule is O=[N+]([O-])c1ccc(F)cc1OCc1ccco1. The van der Waals surface area contributed by atoms with E-state index in [-0.39, 0.29) is 18.0 Å². The molecule has 1 heterocycles. The van der Waals surface area contributed by atoms with E-state index in [9.17, 15) is 14.5 Å². The molecular formula is C11H8FNO4. The molecular weight excluding hydrogens is 229 g/mol. The van der Waals surface area contributed by atoms with Gasteiger partial charge in [0, 0.05) is 12.1 Å². The van der Waals surface area contributed by atoms with Crippen LogP contribution in [-0.4, -0.2) is 4.92 Å². The molecule has 0 aliphatic heterocycles. The Labute approximate surface area is 95.6 Å². The van der Waals surface area contributed by atoms with Crippen molar-refractivity contribution >= 4 is 5.69 Å². The summed E-state index contributed by atoms with van der Waals surface area (Å²) < 4.78 is 23.1. The average molecular weight is 237 g/mol. The van der Waals surface area contributed by atoms with Crippen molar-refractivity contribution in [1.82, 2.24) is 0 Å². The maximum Gasteiger partial charge on any atom is 0.311 e. The van der Waals surface area contributed by atoms with Gasteiger partial charge < -0.3 is 9.15 Å². The van der Waals surface area contributed by atoms with E-state index in [1.807, 2.05) is 0 Å². The van der Waals surface area contributed by atoms with Gasteiger partial charge in [-0.3, -0.25) is 10.1 Å². The van der Waals surface area contributed by atoms with Crippen molar-refractivity contribution in [2.45, 2.75) is 6.61 Å². The van der Waals surface area contributed by atoms with Crippen LogP contribution < -0.4 is 4.74 Å². The summed E-state index contributed by atoms with van der Waals surface area (Å²) in [6.45, 7) is 0.0112. The first kappa shape index (κ1) is 11.1. The zero-order valence-corrected chi connectivity index (χ0v) is 8.63. The van der Waals surface area contributed by atoms with E-state index in [0.29, 0.717) is 5.76 Å². The molecule has 6 heteroatoms. The molecule has 5 nitrogen and oxygen atoms in total. The van der Waals surface area contributed by atoms with Crippen LogP contribution in [0.2, 0.25) is 0 Å². The number of ether oxygens (including phenoxy) is 1. The second-order valence-corrected chi connectivity index (χ2v) is 3.24. The molecule has 0 bridgehead atoms. The van der Waals surface area contributed by atoms with E-state index in [4.69, 9.17) is 9.15 Å². The van der Waals surface area contributed by atoms with Gasteiger partial charge in [0.05, 0.1) is 11.2 Å². The monoisotopic (exact) mass is 237 g/mol. The standard InChI is InChI=1S/C11H8FNO4/c12-8-3-4-10(13(14)15)11(6-8)17-7-9-2-1-5-16-9/h1-6H,7H2. The van der Waals surface area contributed by atoms with Gasteiger partial charge in [-0.2, -0.15) is 0 Å². The lowest BCUT2D eigenvalue weighted by Gasteiger charge is -2.04. The van der Waals surface area contributed by atoms with Crippen LogP contribution in [0.5, 0.6) is 5.75 Å². The molecule has 0 unspecified atom stereocenters. The number of rotatable bonds is 4. The highest BCUT2D eigenvalue weighted by atomic mass is 19.1. The van der Waals surface area contributed by atoms with E-state index < -0.39 is 10.7 Å². The van der Waals surface area contributed by atoms with Gasteiger partial charge in [0.15, 0.2) is 5.75 Å². The Morgan fingerprint density at radius 3 is 2.88 bits per heavy atom. The predicted molar refractivity (Wildman–Crippen MR) is 56.1 cm³/mol. The van der Waals surface area contributed by atoms with E-state index in [1.165, 1.54) is 6.26 Å². The first-order valence-electron chi connectivity index (χ1n) is 4.76. The summed E-state index contributed by atoms with van der Waals surface area (Å²) >= 11 is 0. The summed E-state index contributed by atoms with van der Waals surface area (Å²) in [6, 6.07) is 6.37. The molecule has 0 radical (unpaired) electrons. The molecule has 1 aromatic carbocycles. The van der Waals surface area contributed by atoms with Crippen molar-refractivity contribution in [3.8, 4) is 5.75 Å². The molecule has 88 valence electrons. The lowest BCUT2D eigenvalue weighted by atomic mass is 10.3. The zero-order chi connectivity index (χ0) is 12.3. The minimum Gasteiger partial charge on any atom is -0.479 e. The summed E-state index contributed by atoms with van der Waals surface area (Å²) in [5, 5.41) is 10.7. The van der Waals surface area contributed by atoms with E-state index >= 15 is 0 Å². The van der Waals surface area contributed by atoms with Crippen molar-refractivity contribution in [1.29, 1.82) is 0 Å². The molecule has 0 saturated heterocycles. The highest BCUT2D eigenvalue weighted by Crippen LogP contribution is 2.28. The average Bonchev–Trinajstić information content (AvgIpc) is 2.78. The van der Waals surface area contributed by atoms with Crippen molar-refractivity contribution in [2.24, 2.45) is 0 Å². The van der Waals surface area contributed by atoms with Crippen molar-refractivity contribution in [3.63, 3.8) is 0 Å². The number of halogens is 1. The summed E-state index contributed by atoms with van der Waals surface area (Å²) in [7, 11) is 0. The van der Waals surface area contributed by atoms with Crippen LogP contribution in [0.25, 0.3) is 0 Å². The third-order valence-electron chi connectivity index (χ3n) is 2.07. The summed E-state index contributed by atoms with van der Waals surface area (Å²) in [4.78, 5) is 10.0. The molecule has 0 atom stereocenters. The Balaban J connectivity index is 2.19. The van der Waals surface area contributed by atoms with Crippen LogP contribution >= 0.6 is 0 Å². The minimum atomic E-state index is -0.628. The van der Waals surface area contributed by atoms with Gasteiger partial charge >= 0.3 is 5.69 Å². The Morgan fingerprint density at radius 1 is 1.41 bits per heavy atom. The second-order valence-electron chi connectivity index (χ2n) is 3.24. The molecule has 1 aromatic heterocycles. The fraction of sp³-hybridized carbons (Fsp3) is 0.0909. The van der Waals surface area contributed by atoms with Gasteiger partial charge in [0.1, 0.15) is 18.2 Å². The summed E-state index contributed by atoms with van der Waals surface area (Å²) in [6.07, 6.45) is 1.46. The van der Waals surface area contributed by atoms with Gasteiger partial charge in [-0.25, -0.2) is 4.39 Å². The number of nitro benzene ring substituents is 1. The smallest absolute Gasteiger partial charge is 0.311 e. The Bertz CT molecular complexity index is 524. The topological polar surface area (TPSA) is 65.5 Å². The molecule has 0 aliphatic rings. The minimum absolute atomic E-state index is 0.0112. The highest BCUT2D eigenvalue weighted by molar-refractivity contribution is 5.46. The molecule has 0 amide bonds. The Hall–Kier alpha value is -2.37. The number of hydrogen-bond acceptors (Lipinski definition) is 4. The molecule has 0 N–H and O–H groups in total. The molecule has 0 fully saturated rings. The van der Waals surface area contributed by atoms with Crippen LogP contribution in [0.3, 0.4) is 0 Å². The van der Waals surface area contributed by atoms with Crippen molar-refractivity contribution in [3.05, 3.63) is 58.3 Å². The number of nitro groups is 1.